The quantitative estimate of drug-likeness (QED) is 0.523. The van der Waals surface area contributed by atoms with Gasteiger partial charge in [0, 0.05) is 22.5 Å². The second-order valence-corrected chi connectivity index (χ2v) is 3.41. The van der Waals surface area contributed by atoms with Crippen molar-refractivity contribution < 1.29 is 10.2 Å². The van der Waals surface area contributed by atoms with E-state index >= 15 is 0 Å². The zero-order chi connectivity index (χ0) is 9.86. The molecule has 0 fully saturated rings. The van der Waals surface area contributed by atoms with Gasteiger partial charge in [-0.3, -0.25) is 0 Å². The van der Waals surface area contributed by atoms with Crippen molar-refractivity contribution in [1.82, 2.24) is 0 Å². The minimum absolute atomic E-state index is 0.167. The fraction of sp³-hybridized carbons (Fsp3) is 0.750. The maximum Gasteiger partial charge on any atom is 0.0483 e. The van der Waals surface area contributed by atoms with Gasteiger partial charge in [-0.05, 0) is 27.7 Å². The first-order valence-corrected chi connectivity index (χ1v) is 4.97. The van der Waals surface area contributed by atoms with E-state index in [0.717, 1.165) is 10.2 Å². The van der Waals surface area contributed by atoms with Crippen LogP contribution in [0.2, 0.25) is 0 Å². The van der Waals surface area contributed by atoms with Gasteiger partial charge in [0.15, 0.2) is 0 Å². The molecule has 0 aromatic rings. The molecule has 0 unspecified atom stereocenters. The van der Waals surface area contributed by atoms with E-state index in [0.29, 0.717) is 0 Å². The summed E-state index contributed by atoms with van der Waals surface area (Å²) in [6.07, 6.45) is -0.333. The van der Waals surface area contributed by atoms with Gasteiger partial charge in [-0.15, -0.1) is 12.3 Å². The SMILES string of the molecule is C=C[SiH3].CC(C)O.CC(C)O. The van der Waals surface area contributed by atoms with Crippen molar-refractivity contribution in [2.24, 2.45) is 0 Å². The fourth-order valence-corrected chi connectivity index (χ4v) is 0. The van der Waals surface area contributed by atoms with Crippen LogP contribution in [0.25, 0.3) is 0 Å². The van der Waals surface area contributed by atoms with E-state index in [2.05, 4.69) is 6.58 Å². The Morgan fingerprint density at radius 1 is 1.09 bits per heavy atom. The van der Waals surface area contributed by atoms with Crippen LogP contribution < -0.4 is 0 Å². The van der Waals surface area contributed by atoms with Gasteiger partial charge < -0.3 is 10.2 Å². The molecule has 0 bridgehead atoms. The Bertz CT molecular complexity index is 51.6. The van der Waals surface area contributed by atoms with Gasteiger partial charge in [-0.25, -0.2) is 0 Å². The molecule has 0 aliphatic heterocycles. The van der Waals surface area contributed by atoms with Crippen molar-refractivity contribution in [2.75, 3.05) is 0 Å². The van der Waals surface area contributed by atoms with Crippen LogP contribution in [0.4, 0.5) is 0 Å². The molecular formula is C8H22O2Si. The summed E-state index contributed by atoms with van der Waals surface area (Å²) >= 11 is 0. The van der Waals surface area contributed by atoms with E-state index in [-0.39, 0.29) is 12.2 Å². The number of aliphatic hydroxyl groups is 2. The zero-order valence-corrected chi connectivity index (χ0v) is 10.3. The predicted octanol–water partition coefficient (Wildman–Crippen LogP) is 0.269. The van der Waals surface area contributed by atoms with Crippen molar-refractivity contribution in [3.8, 4) is 0 Å². The molecule has 0 radical (unpaired) electrons. The summed E-state index contributed by atoms with van der Waals surface area (Å²) in [7, 11) is 1.13. The molecular weight excluding hydrogens is 156 g/mol. The third-order valence-electron chi connectivity index (χ3n) is 0. The van der Waals surface area contributed by atoms with Gasteiger partial charge in [-0.2, -0.15) is 0 Å². The van der Waals surface area contributed by atoms with E-state index in [1.165, 1.54) is 0 Å². The van der Waals surface area contributed by atoms with Crippen molar-refractivity contribution in [2.45, 2.75) is 39.9 Å². The molecule has 3 heteroatoms. The second kappa shape index (κ2) is 16.5. The van der Waals surface area contributed by atoms with E-state index in [9.17, 15) is 0 Å². The lowest BCUT2D eigenvalue weighted by atomic mass is 10.5. The van der Waals surface area contributed by atoms with Gasteiger partial charge in [0.05, 0.1) is 0 Å². The van der Waals surface area contributed by atoms with Gasteiger partial charge in [0.1, 0.15) is 0 Å². The molecule has 0 atom stereocenters. The summed E-state index contributed by atoms with van der Waals surface area (Å²) in [4.78, 5) is 0. The van der Waals surface area contributed by atoms with E-state index in [4.69, 9.17) is 10.2 Å². The summed E-state index contributed by atoms with van der Waals surface area (Å²) < 4.78 is 0. The molecule has 0 spiro atoms. The van der Waals surface area contributed by atoms with Crippen LogP contribution in [-0.4, -0.2) is 32.7 Å². The third-order valence-corrected chi connectivity index (χ3v) is 0. The standard InChI is InChI=1S/2C3H8O.C2H6Si/c2*1-3(2)4;1-2-3/h2*3-4H,1-2H3;2H,1H2,3H3. The topological polar surface area (TPSA) is 40.5 Å². The van der Waals surface area contributed by atoms with E-state index in [1.54, 1.807) is 27.7 Å². The summed E-state index contributed by atoms with van der Waals surface area (Å²) in [5.41, 5.74) is 1.89. The van der Waals surface area contributed by atoms with Crippen LogP contribution in [0.3, 0.4) is 0 Å². The first-order valence-electron chi connectivity index (χ1n) is 3.81. The normalized spacial score (nSPS) is 8.00. The lowest BCUT2D eigenvalue weighted by Crippen LogP contribution is -1.85. The molecule has 0 saturated carbocycles. The number of aliphatic hydroxyl groups excluding tert-OH is 2. The smallest absolute Gasteiger partial charge is 0.0483 e. The third kappa shape index (κ3) is 40400. The lowest BCUT2D eigenvalue weighted by molar-refractivity contribution is 0.215. The molecule has 0 aromatic carbocycles. The highest BCUT2D eigenvalue weighted by Crippen LogP contribution is 1.65. The van der Waals surface area contributed by atoms with Crippen molar-refractivity contribution in [3.63, 3.8) is 0 Å². The lowest BCUT2D eigenvalue weighted by Gasteiger charge is -1.80. The average Bonchev–Trinajstić information content (AvgIpc) is 1.60. The summed E-state index contributed by atoms with van der Waals surface area (Å²) in [5.74, 6) is 0. The summed E-state index contributed by atoms with van der Waals surface area (Å²) in [6.45, 7) is 10.3. The molecule has 2 N–H and O–H groups in total. The minimum Gasteiger partial charge on any atom is -0.394 e. The summed E-state index contributed by atoms with van der Waals surface area (Å²) in [5, 5.41) is 16.1. The molecule has 0 aromatic heterocycles. The monoisotopic (exact) mass is 178 g/mol. The van der Waals surface area contributed by atoms with Gasteiger partial charge in [-0.1, -0.05) is 0 Å². The zero-order valence-electron chi connectivity index (χ0n) is 8.33. The minimum atomic E-state index is -0.167. The Balaban J connectivity index is -0.0000000886. The van der Waals surface area contributed by atoms with E-state index < -0.39 is 0 Å². The highest BCUT2D eigenvalue weighted by Gasteiger charge is 1.69. The fourth-order valence-electron chi connectivity index (χ4n) is 0. The summed E-state index contributed by atoms with van der Waals surface area (Å²) in [6, 6.07) is 0. The number of rotatable bonds is 0. The maximum atomic E-state index is 8.06. The Hall–Kier alpha value is -0.123. The van der Waals surface area contributed by atoms with Gasteiger partial charge >= 0.3 is 0 Å². The molecule has 0 rings (SSSR count). The maximum absolute atomic E-state index is 8.06. The predicted molar refractivity (Wildman–Crippen MR) is 54.8 cm³/mol. The molecule has 11 heavy (non-hydrogen) atoms. The molecule has 0 aliphatic rings. The molecule has 0 aliphatic carbocycles. The Morgan fingerprint density at radius 2 is 1.09 bits per heavy atom. The van der Waals surface area contributed by atoms with Crippen LogP contribution in [0, 0.1) is 0 Å². The van der Waals surface area contributed by atoms with Crippen LogP contribution in [-0.2, 0) is 0 Å². The highest BCUT2D eigenvalue weighted by atomic mass is 28.1. The van der Waals surface area contributed by atoms with Crippen LogP contribution in [0.15, 0.2) is 12.3 Å². The van der Waals surface area contributed by atoms with Crippen molar-refractivity contribution in [1.29, 1.82) is 0 Å². The largest absolute Gasteiger partial charge is 0.394 e. The van der Waals surface area contributed by atoms with Gasteiger partial charge in [0.2, 0.25) is 0 Å². The van der Waals surface area contributed by atoms with Gasteiger partial charge in [0.25, 0.3) is 0 Å². The second-order valence-electron chi connectivity index (χ2n) is 2.60. The van der Waals surface area contributed by atoms with Crippen molar-refractivity contribution in [3.05, 3.63) is 12.3 Å². The average molecular weight is 178 g/mol. The van der Waals surface area contributed by atoms with Crippen molar-refractivity contribution >= 4 is 10.2 Å². The number of hydrogen-bond acceptors (Lipinski definition) is 2. The Labute approximate surface area is 73.4 Å². The molecule has 2 nitrogen and oxygen atoms in total. The molecule has 0 heterocycles. The molecule has 70 valence electrons. The number of hydrogen-bond donors (Lipinski definition) is 2. The first kappa shape index (κ1) is 17.1. The Morgan fingerprint density at radius 3 is 1.09 bits per heavy atom. The van der Waals surface area contributed by atoms with Crippen LogP contribution in [0.5, 0.6) is 0 Å². The van der Waals surface area contributed by atoms with E-state index in [1.807, 2.05) is 5.70 Å². The Kier molecular flexibility index (Phi) is 25.6. The van der Waals surface area contributed by atoms with Crippen LogP contribution >= 0.6 is 0 Å². The highest BCUT2D eigenvalue weighted by molar-refractivity contribution is 6.16. The van der Waals surface area contributed by atoms with Crippen LogP contribution in [0.1, 0.15) is 27.7 Å². The molecule has 0 amide bonds. The molecule has 0 saturated heterocycles. The first-order chi connectivity index (χ1) is 4.88.